The summed E-state index contributed by atoms with van der Waals surface area (Å²) in [4.78, 5) is 0. The Hall–Kier alpha value is -1.64. The molecular formula is C11H15N3. The van der Waals surface area contributed by atoms with E-state index in [1.807, 2.05) is 18.2 Å². The Labute approximate surface area is 83.8 Å². The fourth-order valence-electron chi connectivity index (χ4n) is 1.64. The molecule has 1 aromatic carbocycles. The number of nitrogens with one attached hydrogen (secondary N) is 1. The molecule has 0 spiro atoms. The van der Waals surface area contributed by atoms with Gasteiger partial charge in [-0.25, -0.2) is 0 Å². The minimum Gasteiger partial charge on any atom is -0.397 e. The van der Waals surface area contributed by atoms with Crippen LogP contribution in [0.5, 0.6) is 0 Å². The molecule has 0 aromatic heterocycles. The van der Waals surface area contributed by atoms with Crippen molar-refractivity contribution in [3.63, 3.8) is 0 Å². The molecule has 1 aliphatic rings. The highest BCUT2D eigenvalue weighted by Crippen LogP contribution is 2.22. The standard InChI is InChI=1S/C11H15N3/c12-10-6-5-9(7-11(10)13)14-8-3-1-2-4-8/h1-2,5-8,14H,3-4,12-13H2. The molecule has 0 radical (unpaired) electrons. The second-order valence-electron chi connectivity index (χ2n) is 3.63. The van der Waals surface area contributed by atoms with Gasteiger partial charge >= 0.3 is 0 Å². The lowest BCUT2D eigenvalue weighted by Crippen LogP contribution is -2.15. The normalized spacial score (nSPS) is 16.0. The van der Waals surface area contributed by atoms with Gasteiger partial charge < -0.3 is 16.8 Å². The fourth-order valence-corrected chi connectivity index (χ4v) is 1.64. The SMILES string of the molecule is Nc1ccc(NC2CC=CC2)cc1N. The molecule has 2 rings (SSSR count). The quantitative estimate of drug-likeness (QED) is 0.492. The van der Waals surface area contributed by atoms with Gasteiger partial charge in [-0.2, -0.15) is 0 Å². The van der Waals surface area contributed by atoms with Crippen LogP contribution in [-0.4, -0.2) is 6.04 Å². The molecule has 3 heteroatoms. The molecule has 14 heavy (non-hydrogen) atoms. The molecule has 1 aromatic rings. The zero-order valence-corrected chi connectivity index (χ0v) is 8.03. The molecule has 0 heterocycles. The molecule has 0 aliphatic heterocycles. The van der Waals surface area contributed by atoms with Crippen molar-refractivity contribution in [2.45, 2.75) is 18.9 Å². The highest BCUT2D eigenvalue weighted by Gasteiger charge is 2.09. The fraction of sp³-hybridized carbons (Fsp3) is 0.273. The Morgan fingerprint density at radius 3 is 2.43 bits per heavy atom. The van der Waals surface area contributed by atoms with E-state index in [0.29, 0.717) is 17.4 Å². The number of hydrogen-bond acceptors (Lipinski definition) is 3. The van der Waals surface area contributed by atoms with Crippen molar-refractivity contribution in [1.29, 1.82) is 0 Å². The maximum Gasteiger partial charge on any atom is 0.0568 e. The van der Waals surface area contributed by atoms with Crippen LogP contribution in [0, 0.1) is 0 Å². The zero-order valence-electron chi connectivity index (χ0n) is 8.03. The first-order valence-corrected chi connectivity index (χ1v) is 4.82. The van der Waals surface area contributed by atoms with Gasteiger partial charge in [-0.05, 0) is 31.0 Å². The predicted molar refractivity (Wildman–Crippen MR) is 61.1 cm³/mol. The number of rotatable bonds is 2. The topological polar surface area (TPSA) is 64.1 Å². The van der Waals surface area contributed by atoms with Gasteiger partial charge in [0.2, 0.25) is 0 Å². The van der Waals surface area contributed by atoms with Crippen molar-refractivity contribution in [2.24, 2.45) is 0 Å². The minimum absolute atomic E-state index is 0.512. The first kappa shape index (κ1) is 8.94. The van der Waals surface area contributed by atoms with Gasteiger partial charge in [-0.15, -0.1) is 0 Å². The number of nitrogen functional groups attached to an aromatic ring is 2. The summed E-state index contributed by atoms with van der Waals surface area (Å²) in [5.41, 5.74) is 13.7. The molecule has 0 saturated heterocycles. The van der Waals surface area contributed by atoms with E-state index in [4.69, 9.17) is 11.5 Å². The Morgan fingerprint density at radius 1 is 1.07 bits per heavy atom. The summed E-state index contributed by atoms with van der Waals surface area (Å²) < 4.78 is 0. The summed E-state index contributed by atoms with van der Waals surface area (Å²) in [5, 5.41) is 3.41. The van der Waals surface area contributed by atoms with E-state index in [1.165, 1.54) is 0 Å². The molecular weight excluding hydrogens is 174 g/mol. The summed E-state index contributed by atoms with van der Waals surface area (Å²) in [6.07, 6.45) is 6.56. The van der Waals surface area contributed by atoms with Crippen LogP contribution in [0.15, 0.2) is 30.4 Å². The third-order valence-corrected chi connectivity index (χ3v) is 2.47. The van der Waals surface area contributed by atoms with Crippen molar-refractivity contribution < 1.29 is 0 Å². The van der Waals surface area contributed by atoms with E-state index >= 15 is 0 Å². The Kier molecular flexibility index (Phi) is 2.31. The molecule has 5 N–H and O–H groups in total. The van der Waals surface area contributed by atoms with E-state index in [9.17, 15) is 0 Å². The van der Waals surface area contributed by atoms with E-state index < -0.39 is 0 Å². The third-order valence-electron chi connectivity index (χ3n) is 2.47. The van der Waals surface area contributed by atoms with Crippen molar-refractivity contribution in [1.82, 2.24) is 0 Å². The molecule has 1 aliphatic carbocycles. The average Bonchev–Trinajstić information content (AvgIpc) is 2.64. The van der Waals surface area contributed by atoms with Crippen molar-refractivity contribution in [3.8, 4) is 0 Å². The summed E-state index contributed by atoms with van der Waals surface area (Å²) in [6.45, 7) is 0. The lowest BCUT2D eigenvalue weighted by molar-refractivity contribution is 0.787. The van der Waals surface area contributed by atoms with Gasteiger partial charge in [0.15, 0.2) is 0 Å². The van der Waals surface area contributed by atoms with Crippen LogP contribution < -0.4 is 16.8 Å². The van der Waals surface area contributed by atoms with Crippen LogP contribution in [0.2, 0.25) is 0 Å². The molecule has 0 saturated carbocycles. The van der Waals surface area contributed by atoms with Gasteiger partial charge in [-0.3, -0.25) is 0 Å². The van der Waals surface area contributed by atoms with Crippen molar-refractivity contribution in [2.75, 3.05) is 16.8 Å². The molecule has 0 fully saturated rings. The van der Waals surface area contributed by atoms with Gasteiger partial charge in [-0.1, -0.05) is 12.2 Å². The van der Waals surface area contributed by atoms with Crippen LogP contribution in [0.4, 0.5) is 17.1 Å². The smallest absolute Gasteiger partial charge is 0.0568 e. The lowest BCUT2D eigenvalue weighted by Gasteiger charge is -2.14. The lowest BCUT2D eigenvalue weighted by atomic mass is 10.2. The van der Waals surface area contributed by atoms with E-state index in [0.717, 1.165) is 18.5 Å². The van der Waals surface area contributed by atoms with Crippen LogP contribution in [0.3, 0.4) is 0 Å². The zero-order chi connectivity index (χ0) is 9.97. The second kappa shape index (κ2) is 3.62. The Balaban J connectivity index is 2.06. The van der Waals surface area contributed by atoms with Crippen molar-refractivity contribution >= 4 is 17.1 Å². The number of benzene rings is 1. The molecule has 0 bridgehead atoms. The molecule has 3 nitrogen and oxygen atoms in total. The maximum absolute atomic E-state index is 5.71. The molecule has 0 atom stereocenters. The van der Waals surface area contributed by atoms with Gasteiger partial charge in [0.25, 0.3) is 0 Å². The monoisotopic (exact) mass is 189 g/mol. The molecule has 0 amide bonds. The third kappa shape index (κ3) is 1.82. The summed E-state index contributed by atoms with van der Waals surface area (Å²) >= 11 is 0. The van der Waals surface area contributed by atoms with E-state index in [2.05, 4.69) is 17.5 Å². The summed E-state index contributed by atoms with van der Waals surface area (Å²) in [7, 11) is 0. The van der Waals surface area contributed by atoms with Gasteiger partial charge in [0.05, 0.1) is 11.4 Å². The minimum atomic E-state index is 0.512. The first-order valence-electron chi connectivity index (χ1n) is 4.82. The Bertz CT molecular complexity index is 350. The van der Waals surface area contributed by atoms with Crippen LogP contribution in [-0.2, 0) is 0 Å². The maximum atomic E-state index is 5.71. The largest absolute Gasteiger partial charge is 0.397 e. The number of anilines is 3. The van der Waals surface area contributed by atoms with Crippen LogP contribution in [0.1, 0.15) is 12.8 Å². The predicted octanol–water partition coefficient (Wildman–Crippen LogP) is 1.98. The number of hydrogen-bond donors (Lipinski definition) is 3. The highest BCUT2D eigenvalue weighted by molar-refractivity contribution is 5.69. The van der Waals surface area contributed by atoms with E-state index in [1.54, 1.807) is 0 Å². The van der Waals surface area contributed by atoms with Gasteiger partial charge in [0, 0.05) is 11.7 Å². The highest BCUT2D eigenvalue weighted by atomic mass is 14.9. The van der Waals surface area contributed by atoms with Crippen LogP contribution in [0.25, 0.3) is 0 Å². The van der Waals surface area contributed by atoms with Gasteiger partial charge in [0.1, 0.15) is 0 Å². The second-order valence-corrected chi connectivity index (χ2v) is 3.63. The van der Waals surface area contributed by atoms with E-state index in [-0.39, 0.29) is 0 Å². The van der Waals surface area contributed by atoms with Crippen LogP contribution >= 0.6 is 0 Å². The summed E-state index contributed by atoms with van der Waals surface area (Å²) in [5.74, 6) is 0. The summed E-state index contributed by atoms with van der Waals surface area (Å²) in [6, 6.07) is 6.19. The Morgan fingerprint density at radius 2 is 1.79 bits per heavy atom. The average molecular weight is 189 g/mol. The molecule has 74 valence electrons. The first-order chi connectivity index (χ1) is 6.75. The molecule has 0 unspecified atom stereocenters. The number of nitrogens with two attached hydrogens (primary N) is 2. The van der Waals surface area contributed by atoms with Crippen molar-refractivity contribution in [3.05, 3.63) is 30.4 Å².